The van der Waals surface area contributed by atoms with Crippen LogP contribution in [0.1, 0.15) is 45.4 Å². The molecule has 1 saturated heterocycles. The zero-order valence-electron chi connectivity index (χ0n) is 9.93. The summed E-state index contributed by atoms with van der Waals surface area (Å²) in [6.45, 7) is 5.77. The molecule has 0 radical (unpaired) electrons. The van der Waals surface area contributed by atoms with Crippen LogP contribution in [0.15, 0.2) is 0 Å². The minimum atomic E-state index is 0.199. The first-order valence-electron chi connectivity index (χ1n) is 6.32. The van der Waals surface area contributed by atoms with Gasteiger partial charge in [-0.15, -0.1) is 0 Å². The third-order valence-electron chi connectivity index (χ3n) is 2.92. The fourth-order valence-electron chi connectivity index (χ4n) is 1.96. The third-order valence-corrected chi connectivity index (χ3v) is 2.92. The summed E-state index contributed by atoms with van der Waals surface area (Å²) in [7, 11) is 0. The molecule has 3 heteroatoms. The normalized spacial score (nSPS) is 18.5. The van der Waals surface area contributed by atoms with Gasteiger partial charge in [0, 0.05) is 6.54 Å². The Hall–Kier alpha value is -0.570. The molecule has 0 bridgehead atoms. The van der Waals surface area contributed by atoms with Crippen LogP contribution >= 0.6 is 0 Å². The Bertz CT molecular complexity index is 174. The van der Waals surface area contributed by atoms with E-state index in [0.29, 0.717) is 6.54 Å². The minimum absolute atomic E-state index is 0.199. The second-order valence-corrected chi connectivity index (χ2v) is 4.39. The molecule has 1 amide bonds. The van der Waals surface area contributed by atoms with Gasteiger partial charge in [0.15, 0.2) is 0 Å². The molecule has 1 N–H and O–H groups in total. The van der Waals surface area contributed by atoms with Gasteiger partial charge in [0.2, 0.25) is 5.91 Å². The van der Waals surface area contributed by atoms with Gasteiger partial charge in [-0.1, -0.05) is 26.2 Å². The number of carbonyl (C=O) groups excluding carboxylic acids is 1. The number of nitrogens with zero attached hydrogens (tertiary/aromatic N) is 1. The summed E-state index contributed by atoms with van der Waals surface area (Å²) < 4.78 is 0. The lowest BCUT2D eigenvalue weighted by Gasteiger charge is -2.18. The van der Waals surface area contributed by atoms with Crippen molar-refractivity contribution in [2.45, 2.75) is 45.4 Å². The molecule has 1 fully saturated rings. The second kappa shape index (κ2) is 7.69. The topological polar surface area (TPSA) is 32.3 Å². The van der Waals surface area contributed by atoms with Crippen LogP contribution in [0.4, 0.5) is 0 Å². The van der Waals surface area contributed by atoms with Crippen LogP contribution in [0.25, 0.3) is 0 Å². The van der Waals surface area contributed by atoms with Crippen molar-refractivity contribution in [3.8, 4) is 0 Å². The van der Waals surface area contributed by atoms with Crippen molar-refractivity contribution in [1.29, 1.82) is 0 Å². The van der Waals surface area contributed by atoms with E-state index in [9.17, 15) is 4.79 Å². The molecule has 0 aliphatic carbocycles. The number of nitrogens with one attached hydrogen (secondary N) is 1. The molecular weight excluding hydrogens is 188 g/mol. The van der Waals surface area contributed by atoms with Gasteiger partial charge in [-0.2, -0.15) is 0 Å². The second-order valence-electron chi connectivity index (χ2n) is 4.39. The maximum absolute atomic E-state index is 11.5. The summed E-state index contributed by atoms with van der Waals surface area (Å²) in [6, 6.07) is 0. The number of carbonyl (C=O) groups is 1. The highest BCUT2D eigenvalue weighted by molar-refractivity contribution is 5.77. The van der Waals surface area contributed by atoms with Crippen molar-refractivity contribution < 1.29 is 4.79 Å². The Morgan fingerprint density at radius 3 is 2.47 bits per heavy atom. The first kappa shape index (κ1) is 12.5. The number of likely N-dealkylation sites (tertiary alicyclic amines) is 1. The lowest BCUT2D eigenvalue weighted by molar-refractivity contribution is -0.122. The summed E-state index contributed by atoms with van der Waals surface area (Å²) in [5.74, 6) is 0.199. The Balaban J connectivity index is 2.12. The molecule has 3 nitrogen and oxygen atoms in total. The van der Waals surface area contributed by atoms with Gasteiger partial charge in [-0.25, -0.2) is 0 Å². The largest absolute Gasteiger partial charge is 0.355 e. The maximum Gasteiger partial charge on any atom is 0.234 e. The first-order chi connectivity index (χ1) is 7.33. The standard InChI is InChI=1S/C12H24N2O/c1-2-3-8-13-12(15)11-14-9-6-4-5-7-10-14/h2-11H2,1H3,(H,13,15). The first-order valence-corrected chi connectivity index (χ1v) is 6.32. The minimum Gasteiger partial charge on any atom is -0.355 e. The fourth-order valence-corrected chi connectivity index (χ4v) is 1.96. The monoisotopic (exact) mass is 212 g/mol. The SMILES string of the molecule is CCCCNC(=O)CN1CCCCCC1. The zero-order chi connectivity index (χ0) is 10.9. The van der Waals surface area contributed by atoms with E-state index >= 15 is 0 Å². The van der Waals surface area contributed by atoms with Crippen molar-refractivity contribution in [2.75, 3.05) is 26.2 Å². The molecule has 1 aliphatic heterocycles. The Morgan fingerprint density at radius 1 is 1.20 bits per heavy atom. The van der Waals surface area contributed by atoms with Crippen molar-refractivity contribution in [3.05, 3.63) is 0 Å². The number of hydrogen-bond acceptors (Lipinski definition) is 2. The van der Waals surface area contributed by atoms with Crippen LogP contribution in [0, 0.1) is 0 Å². The number of unbranched alkanes of at least 4 members (excludes halogenated alkanes) is 1. The predicted octanol–water partition coefficient (Wildman–Crippen LogP) is 1.78. The van der Waals surface area contributed by atoms with E-state index in [0.717, 1.165) is 32.5 Å². The molecule has 0 spiro atoms. The van der Waals surface area contributed by atoms with E-state index in [4.69, 9.17) is 0 Å². The molecule has 0 aromatic rings. The fraction of sp³-hybridized carbons (Fsp3) is 0.917. The van der Waals surface area contributed by atoms with E-state index in [2.05, 4.69) is 17.1 Å². The molecule has 0 aromatic carbocycles. The van der Waals surface area contributed by atoms with Crippen molar-refractivity contribution >= 4 is 5.91 Å². The van der Waals surface area contributed by atoms with Gasteiger partial charge in [0.05, 0.1) is 6.54 Å². The molecule has 1 heterocycles. The van der Waals surface area contributed by atoms with Gasteiger partial charge < -0.3 is 5.32 Å². The van der Waals surface area contributed by atoms with Crippen LogP contribution in [-0.4, -0.2) is 37.0 Å². The van der Waals surface area contributed by atoms with E-state index < -0.39 is 0 Å². The molecule has 0 saturated carbocycles. The predicted molar refractivity (Wildman–Crippen MR) is 62.8 cm³/mol. The highest BCUT2D eigenvalue weighted by Gasteiger charge is 2.11. The van der Waals surface area contributed by atoms with Gasteiger partial charge in [0.1, 0.15) is 0 Å². The molecule has 0 aromatic heterocycles. The molecule has 0 atom stereocenters. The summed E-state index contributed by atoms with van der Waals surface area (Å²) in [4.78, 5) is 13.8. The number of amides is 1. The van der Waals surface area contributed by atoms with Gasteiger partial charge in [0.25, 0.3) is 0 Å². The lowest BCUT2D eigenvalue weighted by Crippen LogP contribution is -2.38. The molecule has 88 valence electrons. The lowest BCUT2D eigenvalue weighted by atomic mass is 10.2. The summed E-state index contributed by atoms with van der Waals surface area (Å²) in [5, 5.41) is 2.97. The molecular formula is C12H24N2O. The number of rotatable bonds is 5. The maximum atomic E-state index is 11.5. The van der Waals surface area contributed by atoms with Crippen LogP contribution in [0.5, 0.6) is 0 Å². The molecule has 0 unspecified atom stereocenters. The van der Waals surface area contributed by atoms with Gasteiger partial charge in [-0.3, -0.25) is 9.69 Å². The quantitative estimate of drug-likeness (QED) is 0.705. The third kappa shape index (κ3) is 5.78. The van der Waals surface area contributed by atoms with Crippen LogP contribution in [0.2, 0.25) is 0 Å². The van der Waals surface area contributed by atoms with E-state index in [1.165, 1.54) is 25.7 Å². The summed E-state index contributed by atoms with van der Waals surface area (Å²) in [6.07, 6.45) is 7.39. The van der Waals surface area contributed by atoms with Crippen molar-refractivity contribution in [2.24, 2.45) is 0 Å². The number of hydrogen-bond donors (Lipinski definition) is 1. The van der Waals surface area contributed by atoms with Crippen LogP contribution < -0.4 is 5.32 Å². The molecule has 1 aliphatic rings. The van der Waals surface area contributed by atoms with E-state index in [1.54, 1.807) is 0 Å². The smallest absolute Gasteiger partial charge is 0.234 e. The van der Waals surface area contributed by atoms with E-state index in [-0.39, 0.29) is 5.91 Å². The van der Waals surface area contributed by atoms with Crippen molar-refractivity contribution in [3.63, 3.8) is 0 Å². The Kier molecular flexibility index (Phi) is 6.41. The molecule has 15 heavy (non-hydrogen) atoms. The average Bonchev–Trinajstić information content (AvgIpc) is 2.47. The summed E-state index contributed by atoms with van der Waals surface area (Å²) >= 11 is 0. The van der Waals surface area contributed by atoms with Crippen molar-refractivity contribution in [1.82, 2.24) is 10.2 Å². The summed E-state index contributed by atoms with van der Waals surface area (Å²) in [5.41, 5.74) is 0. The highest BCUT2D eigenvalue weighted by Crippen LogP contribution is 2.08. The van der Waals surface area contributed by atoms with Gasteiger partial charge >= 0.3 is 0 Å². The van der Waals surface area contributed by atoms with E-state index in [1.807, 2.05) is 0 Å². The van der Waals surface area contributed by atoms with Crippen LogP contribution in [0.3, 0.4) is 0 Å². The zero-order valence-corrected chi connectivity index (χ0v) is 9.93. The Labute approximate surface area is 93.2 Å². The van der Waals surface area contributed by atoms with Gasteiger partial charge in [-0.05, 0) is 32.4 Å². The highest BCUT2D eigenvalue weighted by atomic mass is 16.2. The van der Waals surface area contributed by atoms with Crippen LogP contribution in [-0.2, 0) is 4.79 Å². The molecule has 1 rings (SSSR count). The average molecular weight is 212 g/mol. The Morgan fingerprint density at radius 2 is 1.87 bits per heavy atom.